The molecule has 0 spiro atoms. The lowest BCUT2D eigenvalue weighted by atomic mass is 10.0. The molecule has 5 rings (SSSR count). The third kappa shape index (κ3) is 6.93. The second-order valence-corrected chi connectivity index (χ2v) is 12.2. The number of thiophene rings is 1. The van der Waals surface area contributed by atoms with Gasteiger partial charge in [-0.25, -0.2) is 13.2 Å². The van der Waals surface area contributed by atoms with Crippen LogP contribution >= 0.6 is 23.7 Å². The number of methoxy groups -OCH3 is 2. The highest BCUT2D eigenvalue weighted by atomic mass is 35.5. The summed E-state index contributed by atoms with van der Waals surface area (Å²) >= 11 is 1.36. The number of nitrogens with zero attached hydrogens (tertiary/aromatic N) is 1. The van der Waals surface area contributed by atoms with E-state index in [1.807, 2.05) is 18.2 Å². The van der Waals surface area contributed by atoms with Crippen molar-refractivity contribution >= 4 is 56.3 Å². The van der Waals surface area contributed by atoms with Crippen molar-refractivity contribution < 1.29 is 27.5 Å². The van der Waals surface area contributed by atoms with Crippen molar-refractivity contribution in [1.82, 2.24) is 4.90 Å². The number of amides is 1. The molecule has 2 N–H and O–H groups in total. The summed E-state index contributed by atoms with van der Waals surface area (Å²) in [6.45, 7) is 2.20. The first-order chi connectivity index (χ1) is 19.8. The van der Waals surface area contributed by atoms with Gasteiger partial charge in [-0.15, -0.1) is 23.7 Å². The lowest BCUT2D eigenvalue weighted by Crippen LogP contribution is -2.29. The average Bonchev–Trinajstić information content (AvgIpc) is 3.34. The molecule has 0 saturated carbocycles. The molecule has 1 aromatic heterocycles. The first-order valence-corrected chi connectivity index (χ1v) is 15.1. The molecular weight excluding hydrogens is 598 g/mol. The molecule has 1 amide bonds. The number of anilines is 2. The van der Waals surface area contributed by atoms with E-state index in [9.17, 15) is 18.0 Å². The molecule has 0 unspecified atom stereocenters. The van der Waals surface area contributed by atoms with Gasteiger partial charge in [-0.2, -0.15) is 0 Å². The van der Waals surface area contributed by atoms with E-state index < -0.39 is 21.9 Å². The Morgan fingerprint density at radius 3 is 2.40 bits per heavy atom. The van der Waals surface area contributed by atoms with E-state index in [0.29, 0.717) is 29.3 Å². The summed E-state index contributed by atoms with van der Waals surface area (Å²) in [5.41, 5.74) is 2.92. The Kier molecular flexibility index (Phi) is 9.89. The Bertz CT molecular complexity index is 1680. The number of esters is 1. The van der Waals surface area contributed by atoms with Crippen molar-refractivity contribution in [3.63, 3.8) is 0 Å². The van der Waals surface area contributed by atoms with Gasteiger partial charge >= 0.3 is 5.97 Å². The molecule has 220 valence electrons. The van der Waals surface area contributed by atoms with Gasteiger partial charge in [0.1, 0.15) is 10.8 Å². The van der Waals surface area contributed by atoms with Crippen LogP contribution in [0.15, 0.2) is 83.8 Å². The van der Waals surface area contributed by atoms with Gasteiger partial charge in [-0.3, -0.25) is 14.4 Å². The topological polar surface area (TPSA) is 114 Å². The quantitative estimate of drug-likeness (QED) is 0.233. The molecule has 0 atom stereocenters. The van der Waals surface area contributed by atoms with Crippen molar-refractivity contribution in [2.75, 3.05) is 30.8 Å². The van der Waals surface area contributed by atoms with Gasteiger partial charge in [0.15, 0.2) is 0 Å². The highest BCUT2D eigenvalue weighted by molar-refractivity contribution is 7.92. The molecule has 9 nitrogen and oxygen atoms in total. The Morgan fingerprint density at radius 1 is 0.976 bits per heavy atom. The number of hydrogen-bond acceptors (Lipinski definition) is 8. The van der Waals surface area contributed by atoms with Gasteiger partial charge in [0.05, 0.1) is 24.7 Å². The van der Waals surface area contributed by atoms with Gasteiger partial charge < -0.3 is 14.8 Å². The maximum atomic E-state index is 13.3. The van der Waals surface area contributed by atoms with Crippen LogP contribution in [0.25, 0.3) is 0 Å². The number of rotatable bonds is 9. The smallest absolute Gasteiger partial charge is 0.341 e. The molecule has 0 fully saturated rings. The van der Waals surface area contributed by atoms with Crippen molar-refractivity contribution in [1.29, 1.82) is 0 Å². The summed E-state index contributed by atoms with van der Waals surface area (Å²) in [6, 6.07) is 22.3. The van der Waals surface area contributed by atoms with Crippen LogP contribution in [0, 0.1) is 0 Å². The van der Waals surface area contributed by atoms with Crippen LogP contribution < -0.4 is 14.8 Å². The standard InChI is InChI=1S/C30H29N3O6S2.ClH/c1-38-23-11-13-24(14-12-23)41(36,37)32-22-10-6-9-21(17-22)28(34)31-29-27(30(35)39-2)25-15-16-33(19-26(25)40-29)18-20-7-4-3-5-8-20;/h3-14,17,32H,15-16,18-19H2,1-2H3,(H,31,34);1H. The second kappa shape index (κ2) is 13.4. The summed E-state index contributed by atoms with van der Waals surface area (Å²) < 4.78 is 38.4. The molecule has 0 radical (unpaired) electrons. The summed E-state index contributed by atoms with van der Waals surface area (Å²) in [7, 11) is -1.07. The van der Waals surface area contributed by atoms with Crippen molar-refractivity contribution in [3.8, 4) is 5.75 Å². The van der Waals surface area contributed by atoms with Gasteiger partial charge in [-0.05, 0) is 60.0 Å². The summed E-state index contributed by atoms with van der Waals surface area (Å²) in [4.78, 5) is 29.4. The molecule has 3 aromatic carbocycles. The van der Waals surface area contributed by atoms with Gasteiger partial charge in [0.25, 0.3) is 15.9 Å². The molecule has 0 saturated heterocycles. The normalized spacial score (nSPS) is 12.9. The summed E-state index contributed by atoms with van der Waals surface area (Å²) in [5.74, 6) is -0.441. The predicted octanol–water partition coefficient (Wildman–Crippen LogP) is 5.58. The molecular formula is C30H30ClN3O6S2. The van der Waals surface area contributed by atoms with Crippen molar-refractivity contribution in [2.45, 2.75) is 24.4 Å². The molecule has 4 aromatic rings. The Morgan fingerprint density at radius 2 is 1.71 bits per heavy atom. The van der Waals surface area contributed by atoms with E-state index in [0.717, 1.165) is 23.5 Å². The number of hydrogen-bond donors (Lipinski definition) is 2. The Balaban J connectivity index is 0.00000405. The minimum absolute atomic E-state index is 0. The highest BCUT2D eigenvalue weighted by Gasteiger charge is 2.29. The molecule has 1 aliphatic rings. The largest absolute Gasteiger partial charge is 0.497 e. The fraction of sp³-hybridized carbons (Fsp3) is 0.200. The summed E-state index contributed by atoms with van der Waals surface area (Å²) in [6.07, 6.45) is 0.654. The molecule has 42 heavy (non-hydrogen) atoms. The zero-order valence-electron chi connectivity index (χ0n) is 23.0. The number of carbonyl (C=O) groups is 2. The fourth-order valence-electron chi connectivity index (χ4n) is 4.71. The van der Waals surface area contributed by atoms with E-state index in [4.69, 9.17) is 9.47 Å². The lowest BCUT2D eigenvalue weighted by molar-refractivity contribution is 0.0600. The first-order valence-electron chi connectivity index (χ1n) is 12.8. The van der Waals surface area contributed by atoms with E-state index >= 15 is 0 Å². The minimum atomic E-state index is -3.89. The number of halogens is 1. The van der Waals surface area contributed by atoms with Gasteiger partial charge in [0.2, 0.25) is 0 Å². The number of sulfonamides is 1. The first kappa shape index (κ1) is 31.0. The molecule has 0 aliphatic carbocycles. The molecule has 2 heterocycles. The predicted molar refractivity (Wildman–Crippen MR) is 165 cm³/mol. The lowest BCUT2D eigenvalue weighted by Gasteiger charge is -2.27. The van der Waals surface area contributed by atoms with E-state index in [2.05, 4.69) is 27.1 Å². The van der Waals surface area contributed by atoms with Crippen molar-refractivity contribution in [3.05, 3.63) is 106 Å². The van der Waals surface area contributed by atoms with Crippen LogP contribution in [-0.2, 0) is 34.3 Å². The van der Waals surface area contributed by atoms with Crippen molar-refractivity contribution in [2.24, 2.45) is 0 Å². The monoisotopic (exact) mass is 627 g/mol. The number of fused-ring (bicyclic) bond motifs is 1. The number of benzene rings is 3. The van der Waals surface area contributed by atoms with Crippen LogP contribution in [-0.4, -0.2) is 46.0 Å². The highest BCUT2D eigenvalue weighted by Crippen LogP contribution is 2.38. The zero-order valence-corrected chi connectivity index (χ0v) is 25.4. The maximum Gasteiger partial charge on any atom is 0.341 e. The van der Waals surface area contributed by atoms with E-state index in [-0.39, 0.29) is 28.6 Å². The second-order valence-electron chi connectivity index (χ2n) is 9.46. The molecule has 1 aliphatic heterocycles. The van der Waals surface area contributed by atoms with Crippen LogP contribution in [0.1, 0.15) is 36.7 Å². The van der Waals surface area contributed by atoms with E-state index in [1.165, 1.54) is 49.3 Å². The van der Waals surface area contributed by atoms with Crippen LogP contribution in [0.4, 0.5) is 10.7 Å². The fourth-order valence-corrected chi connectivity index (χ4v) is 7.03. The SMILES string of the molecule is COC(=O)c1c(NC(=O)c2cccc(NS(=O)(=O)c3ccc(OC)cc3)c2)sc2c1CCN(Cc1ccccc1)C2.Cl. The van der Waals surface area contributed by atoms with Crippen LogP contribution in [0.2, 0.25) is 0 Å². The molecule has 12 heteroatoms. The Labute approximate surface area is 254 Å². The van der Waals surface area contributed by atoms with Crippen LogP contribution in [0.5, 0.6) is 5.75 Å². The maximum absolute atomic E-state index is 13.3. The van der Waals surface area contributed by atoms with Gasteiger partial charge in [-0.1, -0.05) is 36.4 Å². The number of carbonyl (C=O) groups excluding carboxylic acids is 2. The number of nitrogens with one attached hydrogen (secondary N) is 2. The third-order valence-electron chi connectivity index (χ3n) is 6.75. The Hall–Kier alpha value is -3.90. The zero-order chi connectivity index (χ0) is 29.0. The third-order valence-corrected chi connectivity index (χ3v) is 9.28. The van der Waals surface area contributed by atoms with Crippen LogP contribution in [0.3, 0.4) is 0 Å². The summed E-state index contributed by atoms with van der Waals surface area (Å²) in [5, 5.41) is 3.28. The number of ether oxygens (including phenoxy) is 2. The van der Waals surface area contributed by atoms with E-state index in [1.54, 1.807) is 30.3 Å². The minimum Gasteiger partial charge on any atom is -0.497 e. The average molecular weight is 628 g/mol. The molecule has 0 bridgehead atoms. The van der Waals surface area contributed by atoms with Gasteiger partial charge in [0, 0.05) is 35.8 Å².